The maximum Gasteiger partial charge on any atom is 0.389 e. The summed E-state index contributed by atoms with van der Waals surface area (Å²) in [7, 11) is 0. The molecule has 2 aromatic rings. The van der Waals surface area contributed by atoms with Gasteiger partial charge in [-0.3, -0.25) is 4.79 Å². The maximum atomic E-state index is 12.9. The highest BCUT2D eigenvalue weighted by molar-refractivity contribution is 6.07. The van der Waals surface area contributed by atoms with Crippen molar-refractivity contribution in [3.05, 3.63) is 35.8 Å². The Hall–Kier alpha value is -1.85. The van der Waals surface area contributed by atoms with E-state index in [1.807, 2.05) is 0 Å². The van der Waals surface area contributed by atoms with Gasteiger partial charge in [-0.2, -0.15) is 13.2 Å². The Morgan fingerprint density at radius 3 is 2.67 bits per heavy atom. The van der Waals surface area contributed by atoms with E-state index in [4.69, 9.17) is 0 Å². The van der Waals surface area contributed by atoms with Crippen molar-refractivity contribution in [2.45, 2.75) is 19.0 Å². The molecule has 0 aliphatic carbocycles. The summed E-state index contributed by atoms with van der Waals surface area (Å²) in [5, 5.41) is 0.434. The molecule has 1 aromatic heterocycles. The molecule has 1 aromatic carbocycles. The molecule has 0 saturated carbocycles. The van der Waals surface area contributed by atoms with Gasteiger partial charge in [-0.1, -0.05) is 0 Å². The van der Waals surface area contributed by atoms with Crippen LogP contribution in [0.3, 0.4) is 0 Å². The molecule has 0 bridgehead atoms. The van der Waals surface area contributed by atoms with Crippen molar-refractivity contribution in [2.75, 3.05) is 0 Å². The highest BCUT2D eigenvalue weighted by atomic mass is 19.4. The third kappa shape index (κ3) is 2.69. The minimum atomic E-state index is -4.35. The summed E-state index contributed by atoms with van der Waals surface area (Å²) in [6.45, 7) is 0. The van der Waals surface area contributed by atoms with Crippen molar-refractivity contribution in [1.29, 1.82) is 0 Å². The summed E-state index contributed by atoms with van der Waals surface area (Å²) in [4.78, 5) is 14.3. The van der Waals surface area contributed by atoms with Crippen molar-refractivity contribution >= 4 is 16.7 Å². The van der Waals surface area contributed by atoms with Gasteiger partial charge in [-0.25, -0.2) is 4.39 Å². The average Bonchev–Trinajstić information content (AvgIpc) is 2.67. The number of hydrogen-bond donors (Lipinski definition) is 1. The lowest BCUT2D eigenvalue weighted by Crippen LogP contribution is -2.10. The molecule has 0 fully saturated rings. The van der Waals surface area contributed by atoms with E-state index in [0.29, 0.717) is 10.9 Å². The Labute approximate surface area is 99.6 Å². The summed E-state index contributed by atoms with van der Waals surface area (Å²) in [6, 6.07) is 3.73. The molecular weight excluding hydrogens is 250 g/mol. The topological polar surface area (TPSA) is 32.9 Å². The molecule has 0 spiro atoms. The number of halogens is 4. The second-order valence-electron chi connectivity index (χ2n) is 3.93. The number of nitrogens with one attached hydrogen (secondary N) is 1. The van der Waals surface area contributed by atoms with Crippen LogP contribution in [-0.2, 0) is 0 Å². The average molecular weight is 259 g/mol. The molecule has 0 atom stereocenters. The summed E-state index contributed by atoms with van der Waals surface area (Å²) in [5.41, 5.74) is 0.555. The van der Waals surface area contributed by atoms with E-state index < -0.39 is 30.6 Å². The van der Waals surface area contributed by atoms with E-state index in [1.54, 1.807) is 0 Å². The minimum absolute atomic E-state index is 0.161. The normalized spacial score (nSPS) is 12.0. The van der Waals surface area contributed by atoms with E-state index >= 15 is 0 Å². The molecule has 2 nitrogen and oxygen atoms in total. The Balaban J connectivity index is 2.23. The first-order valence-corrected chi connectivity index (χ1v) is 5.23. The van der Waals surface area contributed by atoms with Crippen LogP contribution in [0, 0.1) is 5.82 Å². The van der Waals surface area contributed by atoms with Crippen LogP contribution in [0.1, 0.15) is 23.2 Å². The number of fused-ring (bicyclic) bond motifs is 1. The molecule has 1 N–H and O–H groups in total. The first-order chi connectivity index (χ1) is 8.37. The molecular formula is C12H9F4NO. The zero-order valence-electron chi connectivity index (χ0n) is 9.14. The second-order valence-corrected chi connectivity index (χ2v) is 3.93. The van der Waals surface area contributed by atoms with Crippen molar-refractivity contribution in [1.82, 2.24) is 4.98 Å². The van der Waals surface area contributed by atoms with E-state index in [0.717, 1.165) is 6.07 Å². The molecule has 0 unspecified atom stereocenters. The Morgan fingerprint density at radius 1 is 1.28 bits per heavy atom. The van der Waals surface area contributed by atoms with Crippen LogP contribution in [0.25, 0.3) is 10.9 Å². The monoisotopic (exact) mass is 259 g/mol. The van der Waals surface area contributed by atoms with Gasteiger partial charge in [-0.05, 0) is 18.2 Å². The summed E-state index contributed by atoms with van der Waals surface area (Å²) in [6.07, 6.45) is -4.80. The van der Waals surface area contributed by atoms with Gasteiger partial charge in [0.15, 0.2) is 5.78 Å². The fraction of sp³-hybridized carbons (Fsp3) is 0.250. The zero-order chi connectivity index (χ0) is 13.3. The molecule has 1 heterocycles. The van der Waals surface area contributed by atoms with Crippen LogP contribution in [0.5, 0.6) is 0 Å². The lowest BCUT2D eigenvalue weighted by Gasteiger charge is -2.04. The summed E-state index contributed by atoms with van der Waals surface area (Å²) in [5.74, 6) is -1.08. The zero-order valence-corrected chi connectivity index (χ0v) is 9.14. The summed E-state index contributed by atoms with van der Waals surface area (Å²) >= 11 is 0. The van der Waals surface area contributed by atoms with Crippen molar-refractivity contribution < 1.29 is 22.4 Å². The van der Waals surface area contributed by atoms with E-state index in [2.05, 4.69) is 4.98 Å². The van der Waals surface area contributed by atoms with Crippen molar-refractivity contribution in [2.24, 2.45) is 0 Å². The van der Waals surface area contributed by atoms with Crippen LogP contribution in [-0.4, -0.2) is 16.9 Å². The molecule has 0 radical (unpaired) electrons. The third-order valence-electron chi connectivity index (χ3n) is 2.58. The molecule has 96 valence electrons. The van der Waals surface area contributed by atoms with E-state index in [9.17, 15) is 22.4 Å². The van der Waals surface area contributed by atoms with Crippen LogP contribution >= 0.6 is 0 Å². The number of aromatic nitrogens is 1. The second kappa shape index (κ2) is 4.44. The first kappa shape index (κ1) is 12.6. The standard InChI is InChI=1S/C12H9F4NO/c13-7-1-2-8-9(6-17-10(8)5-7)11(18)3-4-12(14,15)16/h1-2,5-6,17H,3-4H2. The number of carbonyl (C=O) groups excluding carboxylic acids is 1. The molecule has 0 saturated heterocycles. The van der Waals surface area contributed by atoms with Gasteiger partial charge in [0.1, 0.15) is 5.82 Å². The molecule has 2 rings (SSSR count). The lowest BCUT2D eigenvalue weighted by molar-refractivity contribution is -0.133. The van der Waals surface area contributed by atoms with Crippen molar-refractivity contribution in [3.63, 3.8) is 0 Å². The number of ketones is 1. The first-order valence-electron chi connectivity index (χ1n) is 5.23. The number of hydrogen-bond acceptors (Lipinski definition) is 1. The highest BCUT2D eigenvalue weighted by Gasteiger charge is 2.28. The molecule has 0 amide bonds. The quantitative estimate of drug-likeness (QED) is 0.659. The van der Waals surface area contributed by atoms with Crippen LogP contribution in [0.2, 0.25) is 0 Å². The number of carbonyl (C=O) groups is 1. The van der Waals surface area contributed by atoms with Gasteiger partial charge in [0, 0.05) is 29.1 Å². The van der Waals surface area contributed by atoms with Gasteiger partial charge in [0.25, 0.3) is 0 Å². The molecule has 6 heteroatoms. The van der Waals surface area contributed by atoms with Gasteiger partial charge < -0.3 is 4.98 Å². The molecule has 0 aliphatic rings. The van der Waals surface area contributed by atoms with Crippen molar-refractivity contribution in [3.8, 4) is 0 Å². The third-order valence-corrected chi connectivity index (χ3v) is 2.58. The fourth-order valence-corrected chi connectivity index (χ4v) is 1.72. The fourth-order valence-electron chi connectivity index (χ4n) is 1.72. The lowest BCUT2D eigenvalue weighted by atomic mass is 10.1. The minimum Gasteiger partial charge on any atom is -0.360 e. The van der Waals surface area contributed by atoms with E-state index in [1.165, 1.54) is 18.3 Å². The SMILES string of the molecule is O=C(CCC(F)(F)F)c1c[nH]c2cc(F)ccc12. The maximum absolute atomic E-state index is 12.9. The summed E-state index contributed by atoms with van der Waals surface area (Å²) < 4.78 is 48.9. The van der Waals surface area contributed by atoms with Gasteiger partial charge in [-0.15, -0.1) is 0 Å². The number of H-pyrrole nitrogens is 1. The van der Waals surface area contributed by atoms with Gasteiger partial charge in [0.05, 0.1) is 6.42 Å². The van der Waals surface area contributed by atoms with Crippen LogP contribution in [0.4, 0.5) is 17.6 Å². The van der Waals surface area contributed by atoms with Gasteiger partial charge >= 0.3 is 6.18 Å². The van der Waals surface area contributed by atoms with Crippen LogP contribution < -0.4 is 0 Å². The number of alkyl halides is 3. The number of Topliss-reactive ketones (excluding diaryl/α,β-unsaturated/α-hetero) is 1. The molecule has 18 heavy (non-hydrogen) atoms. The predicted octanol–water partition coefficient (Wildman–Crippen LogP) is 3.83. The Bertz CT molecular complexity index is 585. The predicted molar refractivity (Wildman–Crippen MR) is 57.9 cm³/mol. The Kier molecular flexibility index (Phi) is 3.11. The smallest absolute Gasteiger partial charge is 0.360 e. The number of benzene rings is 1. The van der Waals surface area contributed by atoms with E-state index in [-0.39, 0.29) is 5.56 Å². The van der Waals surface area contributed by atoms with Gasteiger partial charge in [0.2, 0.25) is 0 Å². The van der Waals surface area contributed by atoms with Crippen LogP contribution in [0.15, 0.2) is 24.4 Å². The highest BCUT2D eigenvalue weighted by Crippen LogP contribution is 2.25. The largest absolute Gasteiger partial charge is 0.389 e. The molecule has 0 aliphatic heterocycles. The number of aromatic amines is 1. The Morgan fingerprint density at radius 2 is 2.00 bits per heavy atom. The number of rotatable bonds is 3.